The third-order valence-corrected chi connectivity index (χ3v) is 3.53. The summed E-state index contributed by atoms with van der Waals surface area (Å²) in [5, 5.41) is 10.7. The van der Waals surface area contributed by atoms with Crippen LogP contribution < -0.4 is 0 Å². The van der Waals surface area contributed by atoms with E-state index < -0.39 is 0 Å². The first-order chi connectivity index (χ1) is 8.56. The molecule has 0 spiro atoms. The first kappa shape index (κ1) is 13.0. The first-order valence-electron chi connectivity index (χ1n) is 6.21. The van der Waals surface area contributed by atoms with Gasteiger partial charge >= 0.3 is 0 Å². The molecule has 0 aromatic heterocycles. The van der Waals surface area contributed by atoms with Crippen molar-refractivity contribution in [2.75, 3.05) is 33.2 Å². The molecule has 0 radical (unpaired) electrons. The van der Waals surface area contributed by atoms with Crippen molar-refractivity contribution in [3.63, 3.8) is 0 Å². The third-order valence-electron chi connectivity index (χ3n) is 3.53. The molecule has 1 fully saturated rings. The Kier molecular flexibility index (Phi) is 3.93. The normalized spacial score (nSPS) is 17.9. The second-order valence-corrected chi connectivity index (χ2v) is 4.95. The number of likely N-dealkylation sites (N-methyl/N-ethyl adjacent to an activating group) is 1. The molecule has 98 valence electrons. The summed E-state index contributed by atoms with van der Waals surface area (Å²) >= 11 is 0. The maximum absolute atomic E-state index is 10.7. The summed E-state index contributed by atoms with van der Waals surface area (Å²) < 4.78 is 0. The Morgan fingerprint density at radius 3 is 2.50 bits per heavy atom. The smallest absolute Gasteiger partial charge is 0.269 e. The number of nitrogens with zero attached hydrogens (tertiary/aromatic N) is 3. The highest BCUT2D eigenvalue weighted by Crippen LogP contribution is 2.19. The molecule has 1 aliphatic heterocycles. The van der Waals surface area contributed by atoms with Crippen LogP contribution in [0.2, 0.25) is 0 Å². The van der Waals surface area contributed by atoms with Crippen LogP contribution in [0.15, 0.2) is 18.2 Å². The Balaban J connectivity index is 2.03. The van der Waals surface area contributed by atoms with Gasteiger partial charge in [-0.2, -0.15) is 0 Å². The summed E-state index contributed by atoms with van der Waals surface area (Å²) in [6, 6.07) is 5.13. The van der Waals surface area contributed by atoms with Crippen LogP contribution in [0.3, 0.4) is 0 Å². The number of nitro groups is 1. The van der Waals surface area contributed by atoms with Gasteiger partial charge in [-0.05, 0) is 25.1 Å². The van der Waals surface area contributed by atoms with E-state index in [-0.39, 0.29) is 10.6 Å². The van der Waals surface area contributed by atoms with Gasteiger partial charge in [-0.15, -0.1) is 0 Å². The minimum absolute atomic E-state index is 0.176. The van der Waals surface area contributed by atoms with Crippen LogP contribution in [0.1, 0.15) is 11.1 Å². The molecule has 1 saturated heterocycles. The molecule has 1 aromatic carbocycles. The lowest BCUT2D eigenvalue weighted by molar-refractivity contribution is -0.384. The van der Waals surface area contributed by atoms with E-state index in [1.807, 2.05) is 13.0 Å². The van der Waals surface area contributed by atoms with Gasteiger partial charge in [0.25, 0.3) is 5.69 Å². The minimum Gasteiger partial charge on any atom is -0.304 e. The van der Waals surface area contributed by atoms with E-state index in [1.165, 1.54) is 5.56 Å². The predicted molar refractivity (Wildman–Crippen MR) is 70.6 cm³/mol. The molecule has 1 heterocycles. The van der Waals surface area contributed by atoms with Crippen LogP contribution >= 0.6 is 0 Å². The SMILES string of the molecule is Cc1cc([N+](=O)[O-])ccc1CN1CCN(C)CC1. The second-order valence-electron chi connectivity index (χ2n) is 4.95. The summed E-state index contributed by atoms with van der Waals surface area (Å²) in [4.78, 5) is 15.1. The van der Waals surface area contributed by atoms with E-state index in [2.05, 4.69) is 16.8 Å². The molecule has 5 heteroatoms. The fraction of sp³-hybridized carbons (Fsp3) is 0.538. The number of nitro benzene ring substituents is 1. The van der Waals surface area contributed by atoms with Gasteiger partial charge < -0.3 is 4.90 Å². The molecule has 0 bridgehead atoms. The summed E-state index contributed by atoms with van der Waals surface area (Å²) in [5.41, 5.74) is 2.36. The summed E-state index contributed by atoms with van der Waals surface area (Å²) in [5.74, 6) is 0. The summed E-state index contributed by atoms with van der Waals surface area (Å²) in [6.07, 6.45) is 0. The fourth-order valence-corrected chi connectivity index (χ4v) is 2.22. The van der Waals surface area contributed by atoms with E-state index in [4.69, 9.17) is 0 Å². The molecule has 0 N–H and O–H groups in total. The van der Waals surface area contributed by atoms with E-state index in [9.17, 15) is 10.1 Å². The van der Waals surface area contributed by atoms with Gasteiger partial charge in [-0.3, -0.25) is 15.0 Å². The lowest BCUT2D eigenvalue weighted by atomic mass is 10.1. The van der Waals surface area contributed by atoms with Crippen LogP contribution in [0, 0.1) is 17.0 Å². The number of hydrogen-bond acceptors (Lipinski definition) is 4. The zero-order valence-corrected chi connectivity index (χ0v) is 10.9. The van der Waals surface area contributed by atoms with Crippen LogP contribution in [-0.2, 0) is 6.54 Å². The van der Waals surface area contributed by atoms with Crippen molar-refractivity contribution in [2.45, 2.75) is 13.5 Å². The zero-order chi connectivity index (χ0) is 13.1. The summed E-state index contributed by atoms with van der Waals surface area (Å²) in [6.45, 7) is 7.13. The Labute approximate surface area is 107 Å². The highest BCUT2D eigenvalue weighted by atomic mass is 16.6. The number of rotatable bonds is 3. The van der Waals surface area contributed by atoms with Gasteiger partial charge in [-0.1, -0.05) is 6.07 Å². The number of piperazine rings is 1. The lowest BCUT2D eigenvalue weighted by Crippen LogP contribution is -2.43. The number of benzene rings is 1. The quantitative estimate of drug-likeness (QED) is 0.603. The van der Waals surface area contributed by atoms with Crippen LogP contribution in [0.4, 0.5) is 5.69 Å². The number of non-ortho nitro benzene ring substituents is 1. The molecule has 0 saturated carbocycles. The van der Waals surface area contributed by atoms with Crippen molar-refractivity contribution in [3.8, 4) is 0 Å². The van der Waals surface area contributed by atoms with Crippen molar-refractivity contribution < 1.29 is 4.92 Å². The van der Waals surface area contributed by atoms with Gasteiger partial charge in [0.15, 0.2) is 0 Å². The molecule has 2 rings (SSSR count). The van der Waals surface area contributed by atoms with Crippen molar-refractivity contribution in [2.24, 2.45) is 0 Å². The zero-order valence-electron chi connectivity index (χ0n) is 10.9. The van der Waals surface area contributed by atoms with Gasteiger partial charge in [0, 0.05) is 44.9 Å². The minimum atomic E-state index is -0.341. The Bertz CT molecular complexity index is 440. The average molecular weight is 249 g/mol. The monoisotopic (exact) mass is 249 g/mol. The molecule has 0 aliphatic carbocycles. The van der Waals surface area contributed by atoms with Crippen molar-refractivity contribution in [1.82, 2.24) is 9.80 Å². The molecule has 0 unspecified atom stereocenters. The molecular formula is C13H19N3O2. The molecule has 0 atom stereocenters. The summed E-state index contributed by atoms with van der Waals surface area (Å²) in [7, 11) is 2.13. The first-order valence-corrected chi connectivity index (χ1v) is 6.21. The molecule has 0 amide bonds. The van der Waals surface area contributed by atoms with Crippen LogP contribution in [-0.4, -0.2) is 47.9 Å². The van der Waals surface area contributed by atoms with E-state index in [1.54, 1.807) is 12.1 Å². The molecule has 18 heavy (non-hydrogen) atoms. The van der Waals surface area contributed by atoms with E-state index in [0.29, 0.717) is 0 Å². The molecule has 5 nitrogen and oxygen atoms in total. The largest absolute Gasteiger partial charge is 0.304 e. The number of aryl methyl sites for hydroxylation is 1. The van der Waals surface area contributed by atoms with Gasteiger partial charge in [0.05, 0.1) is 4.92 Å². The number of hydrogen-bond donors (Lipinski definition) is 0. The fourth-order valence-electron chi connectivity index (χ4n) is 2.22. The van der Waals surface area contributed by atoms with Crippen LogP contribution in [0.25, 0.3) is 0 Å². The van der Waals surface area contributed by atoms with Crippen LogP contribution in [0.5, 0.6) is 0 Å². The lowest BCUT2D eigenvalue weighted by Gasteiger charge is -2.32. The predicted octanol–water partition coefficient (Wildman–Crippen LogP) is 1.65. The molecule has 1 aliphatic rings. The topological polar surface area (TPSA) is 49.6 Å². The Morgan fingerprint density at radius 1 is 1.28 bits per heavy atom. The van der Waals surface area contributed by atoms with E-state index >= 15 is 0 Å². The van der Waals surface area contributed by atoms with Gasteiger partial charge in [0.1, 0.15) is 0 Å². The van der Waals surface area contributed by atoms with Crippen molar-refractivity contribution in [1.29, 1.82) is 0 Å². The van der Waals surface area contributed by atoms with Crippen molar-refractivity contribution in [3.05, 3.63) is 39.4 Å². The molecular weight excluding hydrogens is 230 g/mol. The maximum atomic E-state index is 10.7. The third kappa shape index (κ3) is 3.05. The maximum Gasteiger partial charge on any atom is 0.269 e. The standard InChI is InChI=1S/C13H19N3O2/c1-11-9-13(16(17)18)4-3-12(11)10-15-7-5-14(2)6-8-15/h3-4,9H,5-8,10H2,1-2H3. The Morgan fingerprint density at radius 2 is 1.94 bits per heavy atom. The molecule has 1 aromatic rings. The Hall–Kier alpha value is -1.46. The second kappa shape index (κ2) is 5.46. The van der Waals surface area contributed by atoms with Gasteiger partial charge in [-0.25, -0.2) is 0 Å². The van der Waals surface area contributed by atoms with E-state index in [0.717, 1.165) is 38.3 Å². The van der Waals surface area contributed by atoms with Crippen molar-refractivity contribution >= 4 is 5.69 Å². The van der Waals surface area contributed by atoms with Gasteiger partial charge in [0.2, 0.25) is 0 Å². The average Bonchev–Trinajstić information content (AvgIpc) is 2.34. The highest BCUT2D eigenvalue weighted by molar-refractivity contribution is 5.39. The highest BCUT2D eigenvalue weighted by Gasteiger charge is 2.15.